The van der Waals surface area contributed by atoms with Gasteiger partial charge in [-0.3, -0.25) is 4.79 Å². The molecule has 5 heteroatoms. The number of piperazine rings is 1. The van der Waals surface area contributed by atoms with Crippen LogP contribution < -0.4 is 5.32 Å². The van der Waals surface area contributed by atoms with Gasteiger partial charge >= 0.3 is 0 Å². The predicted octanol–water partition coefficient (Wildman–Crippen LogP) is 1.45. The summed E-state index contributed by atoms with van der Waals surface area (Å²) < 4.78 is 1.94. The molecule has 1 fully saturated rings. The van der Waals surface area contributed by atoms with Gasteiger partial charge in [-0.25, -0.2) is 4.98 Å². The van der Waals surface area contributed by atoms with E-state index in [9.17, 15) is 4.79 Å². The number of hydrogen-bond donors (Lipinski definition) is 1. The van der Waals surface area contributed by atoms with E-state index in [-0.39, 0.29) is 11.9 Å². The Kier molecular flexibility index (Phi) is 4.31. The van der Waals surface area contributed by atoms with Crippen molar-refractivity contribution in [3.63, 3.8) is 0 Å². The molecule has 0 saturated carbocycles. The van der Waals surface area contributed by atoms with Crippen molar-refractivity contribution >= 4 is 5.91 Å². The van der Waals surface area contributed by atoms with Gasteiger partial charge in [0.25, 0.3) is 0 Å². The number of hydrogen-bond acceptors (Lipinski definition) is 3. The van der Waals surface area contributed by atoms with E-state index in [2.05, 4.69) is 22.4 Å². The smallest absolute Gasteiger partial charge is 0.224 e. The number of nitrogens with one attached hydrogen (secondary N) is 1. The lowest BCUT2D eigenvalue weighted by molar-refractivity contribution is -0.134. The molecule has 1 atom stereocenters. The summed E-state index contributed by atoms with van der Waals surface area (Å²) in [5.41, 5.74) is 1.20. The van der Waals surface area contributed by atoms with Crippen molar-refractivity contribution in [3.8, 4) is 0 Å². The van der Waals surface area contributed by atoms with Gasteiger partial charge < -0.3 is 14.8 Å². The normalized spacial score (nSPS) is 18.7. The lowest BCUT2D eigenvalue weighted by atomic mass is 10.0. The van der Waals surface area contributed by atoms with Gasteiger partial charge in [0.15, 0.2) is 0 Å². The molecule has 2 heterocycles. The van der Waals surface area contributed by atoms with Crippen molar-refractivity contribution < 1.29 is 4.79 Å². The molecule has 0 bridgehead atoms. The lowest BCUT2D eigenvalue weighted by Crippen LogP contribution is -2.48. The number of carbonyl (C=O) groups is 1. The largest absolute Gasteiger partial charge is 0.337 e. The van der Waals surface area contributed by atoms with Gasteiger partial charge in [0.05, 0.1) is 12.4 Å². The van der Waals surface area contributed by atoms with E-state index in [1.807, 2.05) is 33.9 Å². The molecule has 1 amide bonds. The standard InChI is InChI=1S/C16H20N4O/c21-16(6-9-19-10-7-18-13-19)20-11-8-17-12-15(20)14-4-2-1-3-5-14/h1-5,7,10,13,15,17H,6,8-9,11-12H2. The molecule has 1 aromatic heterocycles. The molecular weight excluding hydrogens is 264 g/mol. The van der Waals surface area contributed by atoms with Crippen LogP contribution in [0.25, 0.3) is 0 Å². The molecule has 1 aromatic carbocycles. The number of amides is 1. The molecule has 1 saturated heterocycles. The zero-order valence-electron chi connectivity index (χ0n) is 12.0. The highest BCUT2D eigenvalue weighted by Gasteiger charge is 2.27. The van der Waals surface area contributed by atoms with E-state index in [1.54, 1.807) is 12.5 Å². The van der Waals surface area contributed by atoms with Crippen LogP contribution in [0.4, 0.5) is 0 Å². The number of benzene rings is 1. The Bertz CT molecular complexity index is 567. The maximum absolute atomic E-state index is 12.5. The minimum Gasteiger partial charge on any atom is -0.337 e. The summed E-state index contributed by atoms with van der Waals surface area (Å²) in [4.78, 5) is 18.5. The minimum absolute atomic E-state index is 0.134. The van der Waals surface area contributed by atoms with Crippen LogP contribution in [0, 0.1) is 0 Å². The van der Waals surface area contributed by atoms with Gasteiger partial charge in [-0.1, -0.05) is 30.3 Å². The molecule has 0 aliphatic carbocycles. The highest BCUT2D eigenvalue weighted by Crippen LogP contribution is 2.22. The van der Waals surface area contributed by atoms with Crippen molar-refractivity contribution in [3.05, 3.63) is 54.6 Å². The highest BCUT2D eigenvalue weighted by atomic mass is 16.2. The summed E-state index contributed by atoms with van der Waals surface area (Å²) in [5.74, 6) is 0.207. The summed E-state index contributed by atoms with van der Waals surface area (Å²) in [6, 6.07) is 10.4. The molecule has 21 heavy (non-hydrogen) atoms. The number of imidazole rings is 1. The third kappa shape index (κ3) is 3.31. The van der Waals surface area contributed by atoms with Crippen molar-refractivity contribution in [1.29, 1.82) is 0 Å². The quantitative estimate of drug-likeness (QED) is 0.924. The number of carbonyl (C=O) groups excluding carboxylic acids is 1. The average Bonchev–Trinajstić information content (AvgIpc) is 3.07. The Morgan fingerprint density at radius 1 is 1.33 bits per heavy atom. The average molecular weight is 284 g/mol. The Labute approximate surface area is 124 Å². The first-order valence-corrected chi connectivity index (χ1v) is 7.35. The van der Waals surface area contributed by atoms with E-state index in [0.29, 0.717) is 13.0 Å². The summed E-state index contributed by atoms with van der Waals surface area (Å²) in [7, 11) is 0. The Morgan fingerprint density at radius 2 is 2.19 bits per heavy atom. The fourth-order valence-electron chi connectivity index (χ4n) is 2.76. The molecule has 3 rings (SSSR count). The van der Waals surface area contributed by atoms with E-state index in [0.717, 1.165) is 19.6 Å². The first-order chi connectivity index (χ1) is 10.3. The van der Waals surface area contributed by atoms with Crippen molar-refractivity contribution in [1.82, 2.24) is 19.8 Å². The van der Waals surface area contributed by atoms with Gasteiger partial charge in [-0.15, -0.1) is 0 Å². The SMILES string of the molecule is O=C(CCn1ccnc1)N1CCNCC1c1ccccc1. The number of aromatic nitrogens is 2. The first kappa shape index (κ1) is 13.8. The molecule has 0 spiro atoms. The van der Waals surface area contributed by atoms with Crippen LogP contribution in [0.5, 0.6) is 0 Å². The molecule has 1 N–H and O–H groups in total. The number of aryl methyl sites for hydroxylation is 1. The summed E-state index contributed by atoms with van der Waals surface area (Å²) in [6.45, 7) is 3.13. The number of nitrogens with zero attached hydrogens (tertiary/aromatic N) is 3. The van der Waals surface area contributed by atoms with Crippen molar-refractivity contribution in [2.24, 2.45) is 0 Å². The number of rotatable bonds is 4. The Balaban J connectivity index is 1.67. The van der Waals surface area contributed by atoms with E-state index >= 15 is 0 Å². The summed E-state index contributed by atoms with van der Waals surface area (Å²) in [5, 5.41) is 3.38. The Hall–Kier alpha value is -2.14. The van der Waals surface area contributed by atoms with Crippen LogP contribution in [0.3, 0.4) is 0 Å². The Morgan fingerprint density at radius 3 is 2.95 bits per heavy atom. The van der Waals surface area contributed by atoms with Gasteiger partial charge in [0, 0.05) is 45.0 Å². The molecule has 2 aromatic rings. The van der Waals surface area contributed by atoms with Crippen LogP contribution in [0.15, 0.2) is 49.1 Å². The van der Waals surface area contributed by atoms with Gasteiger partial charge in [-0.05, 0) is 5.56 Å². The van der Waals surface area contributed by atoms with E-state index < -0.39 is 0 Å². The van der Waals surface area contributed by atoms with Gasteiger partial charge in [-0.2, -0.15) is 0 Å². The van der Waals surface area contributed by atoms with Gasteiger partial charge in [0.1, 0.15) is 0 Å². The van der Waals surface area contributed by atoms with Gasteiger partial charge in [0.2, 0.25) is 5.91 Å². The second-order valence-electron chi connectivity index (χ2n) is 5.27. The third-order valence-corrected chi connectivity index (χ3v) is 3.89. The topological polar surface area (TPSA) is 50.2 Å². The fraction of sp³-hybridized carbons (Fsp3) is 0.375. The molecule has 1 aliphatic rings. The van der Waals surface area contributed by atoms with Crippen LogP contribution in [-0.2, 0) is 11.3 Å². The summed E-state index contributed by atoms with van der Waals surface area (Å²) >= 11 is 0. The zero-order valence-corrected chi connectivity index (χ0v) is 12.0. The lowest BCUT2D eigenvalue weighted by Gasteiger charge is -2.36. The molecule has 5 nitrogen and oxygen atoms in total. The first-order valence-electron chi connectivity index (χ1n) is 7.35. The summed E-state index contributed by atoms with van der Waals surface area (Å²) in [6.07, 6.45) is 5.89. The minimum atomic E-state index is 0.134. The highest BCUT2D eigenvalue weighted by molar-refractivity contribution is 5.76. The van der Waals surface area contributed by atoms with Crippen LogP contribution >= 0.6 is 0 Å². The molecule has 1 aliphatic heterocycles. The van der Waals surface area contributed by atoms with Crippen LogP contribution in [0.1, 0.15) is 18.0 Å². The molecule has 110 valence electrons. The zero-order chi connectivity index (χ0) is 14.5. The van der Waals surface area contributed by atoms with Crippen molar-refractivity contribution in [2.75, 3.05) is 19.6 Å². The second kappa shape index (κ2) is 6.54. The van der Waals surface area contributed by atoms with Crippen LogP contribution in [-0.4, -0.2) is 40.0 Å². The third-order valence-electron chi connectivity index (χ3n) is 3.89. The monoisotopic (exact) mass is 284 g/mol. The maximum atomic E-state index is 12.5. The van der Waals surface area contributed by atoms with E-state index in [1.165, 1.54) is 5.56 Å². The molecule has 0 radical (unpaired) electrons. The maximum Gasteiger partial charge on any atom is 0.224 e. The van der Waals surface area contributed by atoms with Crippen LogP contribution in [0.2, 0.25) is 0 Å². The predicted molar refractivity (Wildman–Crippen MR) is 80.6 cm³/mol. The molecule has 1 unspecified atom stereocenters. The second-order valence-corrected chi connectivity index (χ2v) is 5.27. The molecular formula is C16H20N4O. The van der Waals surface area contributed by atoms with E-state index in [4.69, 9.17) is 0 Å². The fourth-order valence-corrected chi connectivity index (χ4v) is 2.76. The van der Waals surface area contributed by atoms with Crippen molar-refractivity contribution in [2.45, 2.75) is 19.0 Å².